The molecule has 0 aliphatic rings. The van der Waals surface area contributed by atoms with Gasteiger partial charge in [0.2, 0.25) is 0 Å². The number of hydrogen-bond acceptors (Lipinski definition) is 4. The molecule has 18 heavy (non-hydrogen) atoms. The van der Waals surface area contributed by atoms with Crippen LogP contribution in [0.3, 0.4) is 0 Å². The molecule has 0 saturated carbocycles. The van der Waals surface area contributed by atoms with E-state index < -0.39 is 6.10 Å². The minimum Gasteiger partial charge on any atom is -0.391 e. The summed E-state index contributed by atoms with van der Waals surface area (Å²) in [5.41, 5.74) is 0.882. The number of carbonyl (C=O) groups is 1. The standard InChI is InChI=1S/C12H21N3O2S/c1-4-9(5-2)10(16)6-13-11(17)15-12-14-8(3)7-18-12/h7,9-10,16H,4-6H2,1-3H3,(H2,13,14,15,17). The number of thiazole rings is 1. The molecule has 6 heteroatoms. The molecular weight excluding hydrogens is 250 g/mol. The summed E-state index contributed by atoms with van der Waals surface area (Å²) < 4.78 is 0. The van der Waals surface area contributed by atoms with E-state index in [4.69, 9.17) is 0 Å². The van der Waals surface area contributed by atoms with Gasteiger partial charge >= 0.3 is 6.03 Å². The van der Waals surface area contributed by atoms with E-state index in [1.54, 1.807) is 0 Å². The van der Waals surface area contributed by atoms with Crippen LogP contribution in [0.4, 0.5) is 9.93 Å². The average molecular weight is 271 g/mol. The molecule has 1 aromatic heterocycles. The van der Waals surface area contributed by atoms with E-state index in [0.717, 1.165) is 18.5 Å². The number of urea groups is 1. The lowest BCUT2D eigenvalue weighted by atomic mass is 9.97. The van der Waals surface area contributed by atoms with Gasteiger partial charge in [-0.1, -0.05) is 26.7 Å². The Kier molecular flexibility index (Phi) is 6.07. The summed E-state index contributed by atoms with van der Waals surface area (Å²) in [6.45, 7) is 6.21. The molecule has 102 valence electrons. The zero-order chi connectivity index (χ0) is 13.5. The molecule has 1 rings (SSSR count). The van der Waals surface area contributed by atoms with Gasteiger partial charge in [0, 0.05) is 11.9 Å². The van der Waals surface area contributed by atoms with Gasteiger partial charge in [0.15, 0.2) is 5.13 Å². The van der Waals surface area contributed by atoms with Crippen molar-refractivity contribution in [2.75, 3.05) is 11.9 Å². The Bertz CT molecular complexity index is 377. The second-order valence-electron chi connectivity index (χ2n) is 4.27. The maximum Gasteiger partial charge on any atom is 0.321 e. The van der Waals surface area contributed by atoms with Crippen LogP contribution in [0.5, 0.6) is 0 Å². The van der Waals surface area contributed by atoms with E-state index in [1.165, 1.54) is 11.3 Å². The van der Waals surface area contributed by atoms with Crippen LogP contribution in [-0.2, 0) is 0 Å². The van der Waals surface area contributed by atoms with Crippen LogP contribution in [0.15, 0.2) is 5.38 Å². The van der Waals surface area contributed by atoms with E-state index >= 15 is 0 Å². The van der Waals surface area contributed by atoms with Gasteiger partial charge in [0.1, 0.15) is 0 Å². The van der Waals surface area contributed by atoms with Crippen molar-refractivity contribution < 1.29 is 9.90 Å². The first-order valence-corrected chi connectivity index (χ1v) is 7.09. The van der Waals surface area contributed by atoms with Crippen molar-refractivity contribution in [3.05, 3.63) is 11.1 Å². The highest BCUT2D eigenvalue weighted by molar-refractivity contribution is 7.13. The van der Waals surface area contributed by atoms with Gasteiger partial charge in [0.05, 0.1) is 11.8 Å². The zero-order valence-corrected chi connectivity index (χ0v) is 11.9. The van der Waals surface area contributed by atoms with Gasteiger partial charge in [-0.2, -0.15) is 0 Å². The Morgan fingerprint density at radius 1 is 1.50 bits per heavy atom. The summed E-state index contributed by atoms with van der Waals surface area (Å²) in [5.74, 6) is 0.229. The third kappa shape index (κ3) is 4.62. The fourth-order valence-corrected chi connectivity index (χ4v) is 2.43. The summed E-state index contributed by atoms with van der Waals surface area (Å²) in [5, 5.41) is 17.6. The van der Waals surface area contributed by atoms with Gasteiger partial charge in [-0.15, -0.1) is 11.3 Å². The quantitative estimate of drug-likeness (QED) is 0.743. The Morgan fingerprint density at radius 3 is 2.67 bits per heavy atom. The topological polar surface area (TPSA) is 74.2 Å². The lowest BCUT2D eigenvalue weighted by Crippen LogP contribution is -2.38. The summed E-state index contributed by atoms with van der Waals surface area (Å²) in [6.07, 6.45) is 1.32. The van der Waals surface area contributed by atoms with Crippen molar-refractivity contribution in [2.45, 2.75) is 39.7 Å². The van der Waals surface area contributed by atoms with E-state index in [2.05, 4.69) is 15.6 Å². The molecule has 0 bridgehead atoms. The Labute approximate surface area is 112 Å². The normalized spacial score (nSPS) is 12.5. The second-order valence-corrected chi connectivity index (χ2v) is 5.13. The minimum atomic E-state index is -0.496. The lowest BCUT2D eigenvalue weighted by molar-refractivity contribution is 0.104. The van der Waals surface area contributed by atoms with E-state index in [0.29, 0.717) is 5.13 Å². The zero-order valence-electron chi connectivity index (χ0n) is 11.1. The molecule has 5 nitrogen and oxygen atoms in total. The van der Waals surface area contributed by atoms with Crippen LogP contribution in [0.25, 0.3) is 0 Å². The number of aliphatic hydroxyl groups excluding tert-OH is 1. The van der Waals surface area contributed by atoms with Crippen LogP contribution >= 0.6 is 11.3 Å². The second kappa shape index (κ2) is 7.33. The molecule has 1 unspecified atom stereocenters. The predicted molar refractivity (Wildman–Crippen MR) is 74.0 cm³/mol. The van der Waals surface area contributed by atoms with E-state index in [9.17, 15) is 9.90 Å². The number of hydrogen-bond donors (Lipinski definition) is 3. The number of rotatable bonds is 6. The molecule has 3 N–H and O–H groups in total. The number of nitrogens with one attached hydrogen (secondary N) is 2. The monoisotopic (exact) mass is 271 g/mol. The Morgan fingerprint density at radius 2 is 2.17 bits per heavy atom. The number of aliphatic hydroxyl groups is 1. The summed E-state index contributed by atoms with van der Waals surface area (Å²) >= 11 is 1.38. The van der Waals surface area contributed by atoms with Gasteiger partial charge in [0.25, 0.3) is 0 Å². The van der Waals surface area contributed by atoms with Crippen LogP contribution in [0, 0.1) is 12.8 Å². The third-order valence-corrected chi connectivity index (χ3v) is 3.78. The number of nitrogens with zero attached hydrogens (tertiary/aromatic N) is 1. The number of anilines is 1. The highest BCUT2D eigenvalue weighted by Gasteiger charge is 2.16. The average Bonchev–Trinajstić information content (AvgIpc) is 2.73. The highest BCUT2D eigenvalue weighted by atomic mass is 32.1. The smallest absolute Gasteiger partial charge is 0.321 e. The van der Waals surface area contributed by atoms with Crippen molar-refractivity contribution in [1.29, 1.82) is 0 Å². The maximum atomic E-state index is 11.6. The Hall–Kier alpha value is -1.14. The van der Waals surface area contributed by atoms with E-state index in [-0.39, 0.29) is 18.5 Å². The summed E-state index contributed by atoms with van der Waals surface area (Å²) in [4.78, 5) is 15.7. The van der Waals surface area contributed by atoms with E-state index in [1.807, 2.05) is 26.2 Å². The molecule has 1 atom stereocenters. The largest absolute Gasteiger partial charge is 0.391 e. The van der Waals surface area contributed by atoms with Gasteiger partial charge in [-0.05, 0) is 12.8 Å². The maximum absolute atomic E-state index is 11.6. The minimum absolute atomic E-state index is 0.229. The van der Waals surface area contributed by atoms with Crippen LogP contribution in [0.1, 0.15) is 32.4 Å². The van der Waals surface area contributed by atoms with Crippen molar-refractivity contribution >= 4 is 22.5 Å². The highest BCUT2D eigenvalue weighted by Crippen LogP contribution is 2.14. The number of amides is 2. The molecule has 0 saturated heterocycles. The molecule has 1 heterocycles. The van der Waals surface area contributed by atoms with Crippen molar-refractivity contribution in [3.8, 4) is 0 Å². The van der Waals surface area contributed by atoms with Crippen LogP contribution in [-0.4, -0.2) is 28.8 Å². The lowest BCUT2D eigenvalue weighted by Gasteiger charge is -2.20. The number of aryl methyl sites for hydroxylation is 1. The van der Waals surface area contributed by atoms with Gasteiger partial charge in [-0.3, -0.25) is 5.32 Å². The van der Waals surface area contributed by atoms with Crippen molar-refractivity contribution in [1.82, 2.24) is 10.3 Å². The molecular formula is C12H21N3O2S. The number of carbonyl (C=O) groups excluding carboxylic acids is 1. The SMILES string of the molecule is CCC(CC)C(O)CNC(=O)Nc1nc(C)cs1. The predicted octanol–water partition coefficient (Wildman–Crippen LogP) is 2.37. The molecule has 0 aliphatic heterocycles. The van der Waals surface area contributed by atoms with Gasteiger partial charge in [-0.25, -0.2) is 9.78 Å². The first-order valence-electron chi connectivity index (χ1n) is 6.21. The molecule has 0 aromatic carbocycles. The Balaban J connectivity index is 2.32. The summed E-state index contributed by atoms with van der Waals surface area (Å²) in [6, 6.07) is -0.325. The molecule has 0 aliphatic carbocycles. The molecule has 0 radical (unpaired) electrons. The molecule has 0 fully saturated rings. The van der Waals surface area contributed by atoms with Crippen molar-refractivity contribution in [3.63, 3.8) is 0 Å². The molecule has 1 aromatic rings. The van der Waals surface area contributed by atoms with Crippen molar-refractivity contribution in [2.24, 2.45) is 5.92 Å². The first-order chi connectivity index (χ1) is 8.56. The van der Waals surface area contributed by atoms with Crippen LogP contribution < -0.4 is 10.6 Å². The molecule has 0 spiro atoms. The molecule has 2 amide bonds. The van der Waals surface area contributed by atoms with Crippen LogP contribution in [0.2, 0.25) is 0 Å². The third-order valence-electron chi connectivity index (χ3n) is 2.90. The number of aromatic nitrogens is 1. The fraction of sp³-hybridized carbons (Fsp3) is 0.667. The first kappa shape index (κ1) is 14.9. The van der Waals surface area contributed by atoms with Gasteiger partial charge < -0.3 is 10.4 Å². The summed E-state index contributed by atoms with van der Waals surface area (Å²) in [7, 11) is 0. The fourth-order valence-electron chi connectivity index (χ4n) is 1.75.